The number of rotatable bonds is 6. The normalized spacial score (nSPS) is 11.2. The maximum atomic E-state index is 12.8. The van der Waals surface area contributed by atoms with Crippen molar-refractivity contribution >= 4 is 21.6 Å². The largest absolute Gasteiger partial charge is 0.337 e. The monoisotopic (exact) mass is 422 g/mol. The van der Waals surface area contributed by atoms with Crippen molar-refractivity contribution in [2.24, 2.45) is 0 Å². The van der Waals surface area contributed by atoms with Crippen molar-refractivity contribution in [2.75, 3.05) is 11.8 Å². The number of sulfonamides is 1. The first-order valence-electron chi connectivity index (χ1n) is 9.68. The van der Waals surface area contributed by atoms with E-state index in [1.807, 2.05) is 57.2 Å². The zero-order valence-corrected chi connectivity index (χ0v) is 18.5. The molecular formula is C24H26N2O3S. The van der Waals surface area contributed by atoms with Crippen LogP contribution in [0.3, 0.4) is 0 Å². The van der Waals surface area contributed by atoms with Gasteiger partial charge < -0.3 is 4.90 Å². The Kier molecular flexibility index (Phi) is 6.27. The first-order chi connectivity index (χ1) is 14.2. The van der Waals surface area contributed by atoms with E-state index < -0.39 is 10.0 Å². The lowest BCUT2D eigenvalue weighted by Crippen LogP contribution is -2.26. The summed E-state index contributed by atoms with van der Waals surface area (Å²) < 4.78 is 28.1. The predicted octanol–water partition coefficient (Wildman–Crippen LogP) is 4.68. The second kappa shape index (κ2) is 8.71. The number of carbonyl (C=O) groups is 1. The number of carbonyl (C=O) groups excluding carboxylic acids is 1. The first kappa shape index (κ1) is 21.6. The van der Waals surface area contributed by atoms with Crippen molar-refractivity contribution in [3.05, 3.63) is 94.5 Å². The number of hydrogen-bond acceptors (Lipinski definition) is 3. The topological polar surface area (TPSA) is 66.5 Å². The third kappa shape index (κ3) is 4.71. The van der Waals surface area contributed by atoms with Crippen molar-refractivity contribution in [1.82, 2.24) is 4.90 Å². The standard InChI is InChI=1S/C24H26N2O3S/c1-17-9-7-11-23(19(17)3)25-30(28,29)22-14-12-20(13-15-22)24(27)26(4)16-21-10-6-5-8-18(21)2/h5-15,25H,16H2,1-4H3. The van der Waals surface area contributed by atoms with Crippen LogP contribution in [0.2, 0.25) is 0 Å². The molecule has 0 fully saturated rings. The van der Waals surface area contributed by atoms with Gasteiger partial charge in [0.1, 0.15) is 0 Å². The molecule has 0 saturated carbocycles. The van der Waals surface area contributed by atoms with Crippen molar-refractivity contribution in [2.45, 2.75) is 32.2 Å². The summed E-state index contributed by atoms with van der Waals surface area (Å²) in [6.07, 6.45) is 0. The molecular weight excluding hydrogens is 396 g/mol. The Balaban J connectivity index is 1.75. The van der Waals surface area contributed by atoms with Gasteiger partial charge >= 0.3 is 0 Å². The Morgan fingerprint density at radius 1 is 0.867 bits per heavy atom. The Morgan fingerprint density at radius 3 is 2.17 bits per heavy atom. The zero-order valence-electron chi connectivity index (χ0n) is 17.6. The number of benzene rings is 3. The van der Waals surface area contributed by atoms with Gasteiger partial charge in [-0.25, -0.2) is 8.42 Å². The molecule has 0 saturated heterocycles. The molecule has 5 nitrogen and oxygen atoms in total. The van der Waals surface area contributed by atoms with Crippen LogP contribution in [0.25, 0.3) is 0 Å². The second-order valence-corrected chi connectivity index (χ2v) is 9.15. The molecule has 156 valence electrons. The van der Waals surface area contributed by atoms with E-state index in [0.29, 0.717) is 17.8 Å². The number of nitrogens with one attached hydrogen (secondary N) is 1. The van der Waals surface area contributed by atoms with E-state index >= 15 is 0 Å². The van der Waals surface area contributed by atoms with Crippen molar-refractivity contribution < 1.29 is 13.2 Å². The minimum atomic E-state index is -3.74. The van der Waals surface area contributed by atoms with Crippen LogP contribution in [-0.4, -0.2) is 26.3 Å². The summed E-state index contributed by atoms with van der Waals surface area (Å²) in [5.74, 6) is -0.162. The molecule has 0 aliphatic carbocycles. The summed E-state index contributed by atoms with van der Waals surface area (Å²) in [6.45, 7) is 6.30. The van der Waals surface area contributed by atoms with E-state index in [1.54, 1.807) is 30.1 Å². The van der Waals surface area contributed by atoms with E-state index in [0.717, 1.165) is 22.3 Å². The zero-order chi connectivity index (χ0) is 21.9. The maximum absolute atomic E-state index is 12.8. The molecule has 0 aliphatic rings. The fourth-order valence-electron chi connectivity index (χ4n) is 3.18. The van der Waals surface area contributed by atoms with Crippen LogP contribution in [0.15, 0.2) is 71.6 Å². The van der Waals surface area contributed by atoms with Crippen LogP contribution in [0.4, 0.5) is 5.69 Å². The van der Waals surface area contributed by atoms with Crippen LogP contribution < -0.4 is 4.72 Å². The van der Waals surface area contributed by atoms with E-state index in [9.17, 15) is 13.2 Å². The summed E-state index contributed by atoms with van der Waals surface area (Å²) in [5, 5.41) is 0. The molecule has 0 aromatic heterocycles. The Labute approximate surface area is 178 Å². The van der Waals surface area contributed by atoms with Crippen molar-refractivity contribution in [3.63, 3.8) is 0 Å². The van der Waals surface area contributed by atoms with Crippen molar-refractivity contribution in [1.29, 1.82) is 0 Å². The summed E-state index contributed by atoms with van der Waals surface area (Å²) >= 11 is 0. The van der Waals surface area contributed by atoms with Crippen LogP contribution in [0, 0.1) is 20.8 Å². The van der Waals surface area contributed by atoms with Gasteiger partial charge in [0.15, 0.2) is 0 Å². The Bertz CT molecular complexity index is 1170. The molecule has 0 spiro atoms. The van der Waals surface area contributed by atoms with Gasteiger partial charge in [-0.05, 0) is 73.4 Å². The van der Waals surface area contributed by atoms with E-state index in [2.05, 4.69) is 4.72 Å². The van der Waals surface area contributed by atoms with E-state index in [1.165, 1.54) is 12.1 Å². The molecule has 3 rings (SSSR count). The maximum Gasteiger partial charge on any atom is 0.261 e. The summed E-state index contributed by atoms with van der Waals surface area (Å²) in [5.41, 5.74) is 5.07. The third-order valence-corrected chi connectivity index (χ3v) is 6.66. The van der Waals surface area contributed by atoms with Crippen LogP contribution in [-0.2, 0) is 16.6 Å². The van der Waals surface area contributed by atoms with Gasteiger partial charge in [-0.1, -0.05) is 36.4 Å². The summed E-state index contributed by atoms with van der Waals surface area (Å²) in [7, 11) is -2.01. The molecule has 3 aromatic carbocycles. The smallest absolute Gasteiger partial charge is 0.261 e. The van der Waals surface area contributed by atoms with Gasteiger partial charge in [0.2, 0.25) is 0 Å². The molecule has 0 aliphatic heterocycles. The lowest BCUT2D eigenvalue weighted by Gasteiger charge is -2.19. The number of nitrogens with zero attached hydrogens (tertiary/aromatic N) is 1. The lowest BCUT2D eigenvalue weighted by molar-refractivity contribution is 0.0785. The van der Waals surface area contributed by atoms with Gasteiger partial charge in [0.05, 0.1) is 10.6 Å². The number of aryl methyl sites for hydroxylation is 2. The molecule has 30 heavy (non-hydrogen) atoms. The van der Waals surface area contributed by atoms with Gasteiger partial charge in [0.25, 0.3) is 15.9 Å². The highest BCUT2D eigenvalue weighted by Gasteiger charge is 2.18. The van der Waals surface area contributed by atoms with Gasteiger partial charge in [-0.3, -0.25) is 9.52 Å². The van der Waals surface area contributed by atoms with Crippen LogP contribution >= 0.6 is 0 Å². The Morgan fingerprint density at radius 2 is 1.50 bits per heavy atom. The fraction of sp³-hybridized carbons (Fsp3) is 0.208. The number of amides is 1. The second-order valence-electron chi connectivity index (χ2n) is 7.47. The average Bonchev–Trinajstić information content (AvgIpc) is 2.72. The Hall–Kier alpha value is -3.12. The molecule has 6 heteroatoms. The minimum Gasteiger partial charge on any atom is -0.337 e. The fourth-order valence-corrected chi connectivity index (χ4v) is 4.30. The number of anilines is 1. The minimum absolute atomic E-state index is 0.113. The molecule has 0 atom stereocenters. The highest BCUT2D eigenvalue weighted by Crippen LogP contribution is 2.22. The summed E-state index contributed by atoms with van der Waals surface area (Å²) in [6, 6.07) is 19.4. The molecule has 0 unspecified atom stereocenters. The molecule has 1 N–H and O–H groups in total. The number of hydrogen-bond donors (Lipinski definition) is 1. The molecule has 3 aromatic rings. The molecule has 0 radical (unpaired) electrons. The molecule has 0 heterocycles. The first-order valence-corrected chi connectivity index (χ1v) is 11.2. The van der Waals surface area contributed by atoms with Crippen molar-refractivity contribution in [3.8, 4) is 0 Å². The molecule has 0 bridgehead atoms. The van der Waals surface area contributed by atoms with Gasteiger partial charge in [0, 0.05) is 19.2 Å². The van der Waals surface area contributed by atoms with Gasteiger partial charge in [-0.15, -0.1) is 0 Å². The molecule has 1 amide bonds. The SMILES string of the molecule is Cc1ccccc1CN(C)C(=O)c1ccc(S(=O)(=O)Nc2cccc(C)c2C)cc1. The van der Waals surface area contributed by atoms with Crippen LogP contribution in [0.5, 0.6) is 0 Å². The third-order valence-electron chi connectivity index (χ3n) is 5.28. The predicted molar refractivity (Wildman–Crippen MR) is 120 cm³/mol. The quantitative estimate of drug-likeness (QED) is 0.627. The highest BCUT2D eigenvalue weighted by atomic mass is 32.2. The average molecular weight is 423 g/mol. The lowest BCUT2D eigenvalue weighted by atomic mass is 10.1. The van der Waals surface area contributed by atoms with E-state index in [-0.39, 0.29) is 10.8 Å². The van der Waals surface area contributed by atoms with E-state index in [4.69, 9.17) is 0 Å². The summed E-state index contributed by atoms with van der Waals surface area (Å²) in [4.78, 5) is 14.5. The van der Waals surface area contributed by atoms with Gasteiger partial charge in [-0.2, -0.15) is 0 Å². The highest BCUT2D eigenvalue weighted by molar-refractivity contribution is 7.92. The van der Waals surface area contributed by atoms with Crippen LogP contribution in [0.1, 0.15) is 32.6 Å².